The zero-order valence-electron chi connectivity index (χ0n) is 17.7. The summed E-state index contributed by atoms with van der Waals surface area (Å²) in [4.78, 5) is 25.3. The van der Waals surface area contributed by atoms with E-state index in [1.54, 1.807) is 6.92 Å². The molecule has 1 amide bonds. The fourth-order valence-corrected chi connectivity index (χ4v) is 3.67. The van der Waals surface area contributed by atoms with E-state index in [0.717, 1.165) is 24.8 Å². The van der Waals surface area contributed by atoms with E-state index in [1.165, 1.54) is 39.0 Å². The molecular formula is C23H27NO6. The highest BCUT2D eigenvalue weighted by atomic mass is 16.5. The SMILES string of the molecule is COc1cc(C(=O)O[C@H](C)C(=O)N[C@H]2CCCc3ccccc32)cc(OC)c1OC. The van der Waals surface area contributed by atoms with Crippen LogP contribution in [0, 0.1) is 0 Å². The summed E-state index contributed by atoms with van der Waals surface area (Å²) in [5.41, 5.74) is 2.57. The van der Waals surface area contributed by atoms with Crippen molar-refractivity contribution in [3.8, 4) is 17.2 Å². The van der Waals surface area contributed by atoms with Crippen molar-refractivity contribution >= 4 is 11.9 Å². The first-order valence-corrected chi connectivity index (χ1v) is 9.87. The second-order valence-corrected chi connectivity index (χ2v) is 7.11. The van der Waals surface area contributed by atoms with Crippen molar-refractivity contribution in [1.29, 1.82) is 0 Å². The van der Waals surface area contributed by atoms with Gasteiger partial charge in [0.1, 0.15) is 0 Å². The summed E-state index contributed by atoms with van der Waals surface area (Å²) in [5.74, 6) is 0.0520. The molecule has 0 saturated heterocycles. The number of esters is 1. The van der Waals surface area contributed by atoms with Crippen molar-refractivity contribution in [3.05, 3.63) is 53.1 Å². The quantitative estimate of drug-likeness (QED) is 0.700. The number of fused-ring (bicyclic) bond motifs is 1. The summed E-state index contributed by atoms with van der Waals surface area (Å²) in [6.45, 7) is 1.56. The molecule has 0 radical (unpaired) electrons. The summed E-state index contributed by atoms with van der Waals surface area (Å²) in [5, 5.41) is 3.01. The van der Waals surface area contributed by atoms with E-state index in [-0.39, 0.29) is 17.5 Å². The summed E-state index contributed by atoms with van der Waals surface area (Å²) in [6, 6.07) is 11.0. The third kappa shape index (κ3) is 4.50. The molecule has 0 spiro atoms. The maximum atomic E-state index is 12.7. The molecule has 0 saturated carbocycles. The molecule has 0 aliphatic heterocycles. The molecule has 7 nitrogen and oxygen atoms in total. The first kappa shape index (κ1) is 21.5. The number of carbonyl (C=O) groups is 2. The van der Waals surface area contributed by atoms with E-state index in [4.69, 9.17) is 18.9 Å². The monoisotopic (exact) mass is 413 g/mol. The van der Waals surface area contributed by atoms with Gasteiger partial charge in [0.15, 0.2) is 17.6 Å². The van der Waals surface area contributed by atoms with Gasteiger partial charge in [0.25, 0.3) is 5.91 Å². The number of aryl methyl sites for hydroxylation is 1. The third-order valence-corrected chi connectivity index (χ3v) is 5.24. The molecular weight excluding hydrogens is 386 g/mol. The Morgan fingerprint density at radius 3 is 2.33 bits per heavy atom. The molecule has 0 heterocycles. The van der Waals surface area contributed by atoms with Gasteiger partial charge in [0, 0.05) is 0 Å². The van der Waals surface area contributed by atoms with Crippen LogP contribution in [0.15, 0.2) is 36.4 Å². The molecule has 0 fully saturated rings. The Morgan fingerprint density at radius 2 is 1.70 bits per heavy atom. The van der Waals surface area contributed by atoms with Gasteiger partial charge in [0.2, 0.25) is 5.75 Å². The lowest BCUT2D eigenvalue weighted by molar-refractivity contribution is -0.130. The molecule has 1 aliphatic rings. The lowest BCUT2D eigenvalue weighted by Gasteiger charge is -2.27. The van der Waals surface area contributed by atoms with Crippen LogP contribution in [0.3, 0.4) is 0 Å². The van der Waals surface area contributed by atoms with E-state index in [1.807, 2.05) is 18.2 Å². The first-order valence-electron chi connectivity index (χ1n) is 9.87. The van der Waals surface area contributed by atoms with Crippen LogP contribution in [0.4, 0.5) is 0 Å². The predicted octanol–water partition coefficient (Wildman–Crippen LogP) is 3.45. The zero-order valence-corrected chi connectivity index (χ0v) is 17.7. The molecule has 2 atom stereocenters. The van der Waals surface area contributed by atoms with Crippen molar-refractivity contribution < 1.29 is 28.5 Å². The lowest BCUT2D eigenvalue weighted by Crippen LogP contribution is -2.39. The maximum absolute atomic E-state index is 12.7. The van der Waals surface area contributed by atoms with Crippen LogP contribution in [-0.4, -0.2) is 39.3 Å². The van der Waals surface area contributed by atoms with Crippen LogP contribution in [0.25, 0.3) is 0 Å². The number of hydrogen-bond donors (Lipinski definition) is 1. The highest BCUT2D eigenvalue weighted by molar-refractivity contribution is 5.93. The molecule has 30 heavy (non-hydrogen) atoms. The van der Waals surface area contributed by atoms with Gasteiger partial charge in [-0.05, 0) is 49.4 Å². The Kier molecular flexibility index (Phi) is 6.82. The van der Waals surface area contributed by atoms with E-state index in [9.17, 15) is 9.59 Å². The fraction of sp³-hybridized carbons (Fsp3) is 0.391. The number of benzene rings is 2. The number of carbonyl (C=O) groups excluding carboxylic acids is 2. The minimum absolute atomic E-state index is 0.0789. The van der Waals surface area contributed by atoms with Gasteiger partial charge < -0.3 is 24.3 Å². The Bertz CT molecular complexity index is 901. The minimum Gasteiger partial charge on any atom is -0.493 e. The topological polar surface area (TPSA) is 83.1 Å². The van der Waals surface area contributed by atoms with Crippen LogP contribution in [0.1, 0.15) is 47.3 Å². The third-order valence-electron chi connectivity index (χ3n) is 5.24. The molecule has 0 bridgehead atoms. The Morgan fingerprint density at radius 1 is 1.03 bits per heavy atom. The minimum atomic E-state index is -0.953. The molecule has 0 unspecified atom stereocenters. The van der Waals surface area contributed by atoms with Crippen molar-refractivity contribution in [2.24, 2.45) is 0 Å². The molecule has 1 N–H and O–H groups in total. The Balaban J connectivity index is 1.69. The van der Waals surface area contributed by atoms with Crippen molar-refractivity contribution in [1.82, 2.24) is 5.32 Å². The van der Waals surface area contributed by atoms with Crippen LogP contribution in [0.5, 0.6) is 17.2 Å². The molecule has 1 aliphatic carbocycles. The number of rotatable bonds is 7. The van der Waals surface area contributed by atoms with Gasteiger partial charge in [-0.15, -0.1) is 0 Å². The second-order valence-electron chi connectivity index (χ2n) is 7.11. The smallest absolute Gasteiger partial charge is 0.339 e. The van der Waals surface area contributed by atoms with Crippen LogP contribution < -0.4 is 19.5 Å². The summed E-state index contributed by atoms with van der Waals surface area (Å²) in [7, 11) is 4.41. The highest BCUT2D eigenvalue weighted by Crippen LogP contribution is 2.38. The molecule has 7 heteroatoms. The Labute approximate surface area is 176 Å². The van der Waals surface area contributed by atoms with Gasteiger partial charge in [-0.25, -0.2) is 4.79 Å². The molecule has 3 rings (SSSR count). The summed E-state index contributed by atoms with van der Waals surface area (Å²) >= 11 is 0. The van der Waals surface area contributed by atoms with Crippen LogP contribution in [0.2, 0.25) is 0 Å². The summed E-state index contributed by atoms with van der Waals surface area (Å²) in [6.07, 6.45) is 1.91. The lowest BCUT2D eigenvalue weighted by atomic mass is 9.87. The standard InChI is InChI=1S/C23H27NO6/c1-14(22(25)24-18-11-7-9-15-8-5-6-10-17(15)18)30-23(26)16-12-19(27-2)21(29-4)20(13-16)28-3/h5-6,8,10,12-14,18H,7,9,11H2,1-4H3,(H,24,25)/t14-,18+/m1/s1. The average molecular weight is 413 g/mol. The number of hydrogen-bond acceptors (Lipinski definition) is 6. The predicted molar refractivity (Wildman–Crippen MR) is 111 cm³/mol. The highest BCUT2D eigenvalue weighted by Gasteiger charge is 2.26. The van der Waals surface area contributed by atoms with Crippen molar-refractivity contribution in [2.45, 2.75) is 38.3 Å². The normalized spacial score (nSPS) is 16.1. The van der Waals surface area contributed by atoms with Gasteiger partial charge in [-0.1, -0.05) is 24.3 Å². The van der Waals surface area contributed by atoms with Gasteiger partial charge in [-0.3, -0.25) is 4.79 Å². The number of nitrogens with one attached hydrogen (secondary N) is 1. The average Bonchev–Trinajstić information content (AvgIpc) is 2.78. The number of amides is 1. The van der Waals surface area contributed by atoms with Crippen molar-refractivity contribution in [3.63, 3.8) is 0 Å². The molecule has 2 aromatic rings. The van der Waals surface area contributed by atoms with E-state index in [0.29, 0.717) is 17.2 Å². The molecule has 2 aromatic carbocycles. The van der Waals surface area contributed by atoms with Crippen molar-refractivity contribution in [2.75, 3.05) is 21.3 Å². The molecule has 0 aromatic heterocycles. The van der Waals surface area contributed by atoms with E-state index >= 15 is 0 Å². The van der Waals surface area contributed by atoms with Crippen LogP contribution in [-0.2, 0) is 16.0 Å². The Hall–Kier alpha value is -3.22. The number of methoxy groups -OCH3 is 3. The zero-order chi connectivity index (χ0) is 21.7. The van der Waals surface area contributed by atoms with Gasteiger partial charge in [0.05, 0.1) is 32.9 Å². The maximum Gasteiger partial charge on any atom is 0.339 e. The summed E-state index contributed by atoms with van der Waals surface area (Å²) < 4.78 is 21.2. The van der Waals surface area contributed by atoms with Gasteiger partial charge in [-0.2, -0.15) is 0 Å². The van der Waals surface area contributed by atoms with E-state index < -0.39 is 12.1 Å². The molecule has 160 valence electrons. The van der Waals surface area contributed by atoms with E-state index in [2.05, 4.69) is 11.4 Å². The first-order chi connectivity index (χ1) is 14.5. The number of ether oxygens (including phenoxy) is 4. The fourth-order valence-electron chi connectivity index (χ4n) is 3.67. The second kappa shape index (κ2) is 9.52. The van der Waals surface area contributed by atoms with Crippen LogP contribution >= 0.6 is 0 Å². The largest absolute Gasteiger partial charge is 0.493 e. The van der Waals surface area contributed by atoms with Gasteiger partial charge >= 0.3 is 5.97 Å².